The van der Waals surface area contributed by atoms with Gasteiger partial charge in [0.15, 0.2) is 6.61 Å². The first-order valence-corrected chi connectivity index (χ1v) is 9.91. The van der Waals surface area contributed by atoms with Gasteiger partial charge in [0.25, 0.3) is 17.7 Å². The Bertz CT molecular complexity index is 950. The summed E-state index contributed by atoms with van der Waals surface area (Å²) in [6.45, 7) is 3.60. The van der Waals surface area contributed by atoms with E-state index in [1.54, 1.807) is 48.5 Å². The van der Waals surface area contributed by atoms with Gasteiger partial charge in [0, 0.05) is 6.04 Å². The number of carbonyl (C=O) groups excluding carboxylic acids is 4. The topological polar surface area (TPSA) is 92.8 Å². The first kappa shape index (κ1) is 21.2. The fourth-order valence-electron chi connectivity index (χ4n) is 3.40. The van der Waals surface area contributed by atoms with Gasteiger partial charge in [-0.25, -0.2) is 4.79 Å². The van der Waals surface area contributed by atoms with Crippen molar-refractivity contribution in [3.8, 4) is 0 Å². The molecule has 1 heterocycles. The maximum absolute atomic E-state index is 12.5. The second-order valence-corrected chi connectivity index (χ2v) is 7.28. The van der Waals surface area contributed by atoms with Gasteiger partial charge in [0.1, 0.15) is 0 Å². The third-order valence-corrected chi connectivity index (χ3v) is 4.84. The van der Waals surface area contributed by atoms with Crippen LogP contribution in [0, 0.1) is 0 Å². The molecule has 30 heavy (non-hydrogen) atoms. The number of nitrogens with one attached hydrogen (secondary N) is 1. The van der Waals surface area contributed by atoms with Crippen LogP contribution in [0.5, 0.6) is 0 Å². The quantitative estimate of drug-likeness (QED) is 0.536. The van der Waals surface area contributed by atoms with Crippen molar-refractivity contribution in [3.63, 3.8) is 0 Å². The van der Waals surface area contributed by atoms with Crippen LogP contribution in [0.2, 0.25) is 0 Å². The Morgan fingerprint density at radius 2 is 1.70 bits per heavy atom. The summed E-state index contributed by atoms with van der Waals surface area (Å²) < 4.78 is 5.09. The van der Waals surface area contributed by atoms with E-state index in [0.29, 0.717) is 16.7 Å². The van der Waals surface area contributed by atoms with Gasteiger partial charge >= 0.3 is 5.97 Å². The summed E-state index contributed by atoms with van der Waals surface area (Å²) in [5.41, 5.74) is 1.61. The van der Waals surface area contributed by atoms with Crippen LogP contribution in [-0.4, -0.2) is 41.2 Å². The second kappa shape index (κ2) is 9.35. The minimum Gasteiger partial charge on any atom is -0.452 e. The Balaban J connectivity index is 1.61. The van der Waals surface area contributed by atoms with Gasteiger partial charge in [-0.15, -0.1) is 0 Å². The van der Waals surface area contributed by atoms with Crippen LogP contribution in [0.25, 0.3) is 0 Å². The molecule has 0 spiro atoms. The van der Waals surface area contributed by atoms with E-state index in [-0.39, 0.29) is 42.5 Å². The van der Waals surface area contributed by atoms with Gasteiger partial charge in [-0.2, -0.15) is 0 Å². The van der Waals surface area contributed by atoms with Crippen molar-refractivity contribution in [2.75, 3.05) is 6.61 Å². The largest absolute Gasteiger partial charge is 0.452 e. The number of fused-ring (bicyclic) bond motifs is 1. The molecule has 1 unspecified atom stereocenters. The molecule has 7 heteroatoms. The smallest absolute Gasteiger partial charge is 0.338 e. The molecule has 0 saturated carbocycles. The van der Waals surface area contributed by atoms with Gasteiger partial charge in [0.2, 0.25) is 0 Å². The number of ether oxygens (including phenoxy) is 1. The van der Waals surface area contributed by atoms with Crippen LogP contribution in [0.15, 0.2) is 48.5 Å². The number of hydrogen-bond donors (Lipinski definition) is 1. The lowest BCUT2D eigenvalue weighted by Gasteiger charge is -2.15. The first-order chi connectivity index (χ1) is 14.4. The van der Waals surface area contributed by atoms with E-state index in [9.17, 15) is 19.2 Å². The van der Waals surface area contributed by atoms with Crippen molar-refractivity contribution in [2.24, 2.45) is 0 Å². The summed E-state index contributed by atoms with van der Waals surface area (Å²) in [4.78, 5) is 50.4. The van der Waals surface area contributed by atoms with Gasteiger partial charge < -0.3 is 10.1 Å². The molecule has 3 rings (SSSR count). The van der Waals surface area contributed by atoms with E-state index < -0.39 is 5.97 Å². The monoisotopic (exact) mass is 408 g/mol. The number of carbonyl (C=O) groups is 4. The maximum Gasteiger partial charge on any atom is 0.338 e. The third-order valence-electron chi connectivity index (χ3n) is 4.84. The Morgan fingerprint density at radius 3 is 2.33 bits per heavy atom. The minimum absolute atomic E-state index is 0.0178. The van der Waals surface area contributed by atoms with Crippen LogP contribution >= 0.6 is 0 Å². The summed E-state index contributed by atoms with van der Waals surface area (Å²) in [5.74, 6) is -1.72. The summed E-state index contributed by atoms with van der Waals surface area (Å²) >= 11 is 0. The Labute approximate surface area is 175 Å². The highest BCUT2D eigenvalue weighted by Crippen LogP contribution is 2.24. The van der Waals surface area contributed by atoms with Crippen molar-refractivity contribution in [2.45, 2.75) is 39.3 Å². The standard InChI is InChI=1S/C23H24N2O5/c1-3-7-15(2)24-20(26)14-30-23(29)17-9-6-8-16(12-17)13-25-21(27)18-10-4-5-11-19(18)22(25)28/h4-6,8-12,15H,3,7,13-14H2,1-2H3,(H,24,26). The van der Waals surface area contributed by atoms with E-state index >= 15 is 0 Å². The summed E-state index contributed by atoms with van der Waals surface area (Å²) in [6, 6.07) is 13.2. The average Bonchev–Trinajstić information content (AvgIpc) is 2.97. The fraction of sp³-hybridized carbons (Fsp3) is 0.304. The van der Waals surface area contributed by atoms with Crippen molar-refractivity contribution < 1.29 is 23.9 Å². The average molecular weight is 408 g/mol. The Kier molecular flexibility index (Phi) is 6.61. The molecule has 3 amide bonds. The van der Waals surface area contributed by atoms with Gasteiger partial charge in [-0.1, -0.05) is 37.6 Å². The molecule has 0 aromatic heterocycles. The van der Waals surface area contributed by atoms with E-state index in [4.69, 9.17) is 4.74 Å². The zero-order valence-corrected chi connectivity index (χ0v) is 17.0. The maximum atomic E-state index is 12.5. The van der Waals surface area contributed by atoms with Crippen molar-refractivity contribution in [1.82, 2.24) is 10.2 Å². The Hall–Kier alpha value is -3.48. The number of nitrogens with zero attached hydrogens (tertiary/aromatic N) is 1. The van der Waals surface area contributed by atoms with Gasteiger partial charge in [-0.3, -0.25) is 19.3 Å². The predicted molar refractivity (Wildman–Crippen MR) is 110 cm³/mol. The van der Waals surface area contributed by atoms with Crippen LogP contribution in [0.1, 0.15) is 63.3 Å². The molecule has 0 aliphatic carbocycles. The molecule has 156 valence electrons. The molecule has 1 aliphatic rings. The van der Waals surface area contributed by atoms with E-state index in [1.165, 1.54) is 0 Å². The highest BCUT2D eigenvalue weighted by Gasteiger charge is 2.35. The molecular formula is C23H24N2O5. The number of esters is 1. The molecule has 7 nitrogen and oxygen atoms in total. The summed E-state index contributed by atoms with van der Waals surface area (Å²) in [6.07, 6.45) is 1.79. The number of hydrogen-bond acceptors (Lipinski definition) is 5. The normalized spacial score (nSPS) is 13.7. The number of benzene rings is 2. The zero-order chi connectivity index (χ0) is 21.7. The van der Waals surface area contributed by atoms with E-state index in [2.05, 4.69) is 5.32 Å². The molecule has 0 fully saturated rings. The third kappa shape index (κ3) is 4.74. The van der Waals surface area contributed by atoms with Crippen molar-refractivity contribution in [1.29, 1.82) is 0 Å². The molecule has 1 atom stereocenters. The molecular weight excluding hydrogens is 384 g/mol. The molecule has 0 radical (unpaired) electrons. The molecule has 2 aromatic rings. The van der Waals surface area contributed by atoms with Crippen molar-refractivity contribution >= 4 is 23.7 Å². The minimum atomic E-state index is -0.641. The highest BCUT2D eigenvalue weighted by molar-refractivity contribution is 6.21. The van der Waals surface area contributed by atoms with Crippen LogP contribution in [0.3, 0.4) is 0 Å². The lowest BCUT2D eigenvalue weighted by atomic mass is 10.1. The zero-order valence-electron chi connectivity index (χ0n) is 17.0. The lowest BCUT2D eigenvalue weighted by Crippen LogP contribution is -2.35. The number of amides is 3. The SMILES string of the molecule is CCCC(C)NC(=O)COC(=O)c1cccc(CN2C(=O)c3ccccc3C2=O)c1. The summed E-state index contributed by atoms with van der Waals surface area (Å²) in [5, 5.41) is 2.77. The van der Waals surface area contributed by atoms with Crippen LogP contribution in [0.4, 0.5) is 0 Å². The number of rotatable bonds is 8. The number of imide groups is 1. The molecule has 0 saturated heterocycles. The molecule has 1 N–H and O–H groups in total. The van der Waals surface area contributed by atoms with E-state index in [1.807, 2.05) is 13.8 Å². The van der Waals surface area contributed by atoms with Crippen LogP contribution in [-0.2, 0) is 16.1 Å². The predicted octanol–water partition coefficient (Wildman–Crippen LogP) is 2.94. The van der Waals surface area contributed by atoms with Gasteiger partial charge in [-0.05, 0) is 43.2 Å². The molecule has 2 aromatic carbocycles. The molecule has 0 bridgehead atoms. The van der Waals surface area contributed by atoms with Crippen LogP contribution < -0.4 is 5.32 Å². The first-order valence-electron chi connectivity index (χ1n) is 9.91. The second-order valence-electron chi connectivity index (χ2n) is 7.28. The van der Waals surface area contributed by atoms with E-state index in [0.717, 1.165) is 17.7 Å². The van der Waals surface area contributed by atoms with Gasteiger partial charge in [0.05, 0.1) is 23.2 Å². The Morgan fingerprint density at radius 1 is 1.03 bits per heavy atom. The summed E-state index contributed by atoms with van der Waals surface area (Å²) in [7, 11) is 0. The lowest BCUT2D eigenvalue weighted by molar-refractivity contribution is -0.124. The fourth-order valence-corrected chi connectivity index (χ4v) is 3.40. The highest BCUT2D eigenvalue weighted by atomic mass is 16.5. The van der Waals surface area contributed by atoms with Crippen molar-refractivity contribution in [3.05, 3.63) is 70.8 Å². The molecule has 1 aliphatic heterocycles.